The van der Waals surface area contributed by atoms with E-state index >= 15 is 0 Å². The number of pyridine rings is 1. The van der Waals surface area contributed by atoms with Gasteiger partial charge in [-0.2, -0.15) is 4.31 Å². The second kappa shape index (κ2) is 5.77. The van der Waals surface area contributed by atoms with Gasteiger partial charge in [0.2, 0.25) is 10.0 Å². The standard InChI is InChI=1S/C12H19N3O2S/c1-2-18(16,17)15-8-6-14(7-9-15)11-12-4-3-5-13-10-12/h3-5,10H,2,6-9,11H2,1H3/p+2. The van der Waals surface area contributed by atoms with Gasteiger partial charge in [0.15, 0.2) is 12.4 Å². The maximum absolute atomic E-state index is 11.7. The van der Waals surface area contributed by atoms with Gasteiger partial charge in [0, 0.05) is 6.07 Å². The van der Waals surface area contributed by atoms with Gasteiger partial charge in [-0.15, -0.1) is 0 Å². The molecule has 0 spiro atoms. The number of piperazine rings is 1. The fourth-order valence-corrected chi connectivity index (χ4v) is 3.37. The molecule has 1 aromatic rings. The Kier molecular flexibility index (Phi) is 4.31. The van der Waals surface area contributed by atoms with Crippen LogP contribution >= 0.6 is 0 Å². The zero-order valence-corrected chi connectivity index (χ0v) is 11.5. The lowest BCUT2D eigenvalue weighted by molar-refractivity contribution is -0.917. The highest BCUT2D eigenvalue weighted by Gasteiger charge is 2.27. The van der Waals surface area contributed by atoms with Gasteiger partial charge in [-0.25, -0.2) is 13.4 Å². The van der Waals surface area contributed by atoms with Crippen LogP contribution in [-0.4, -0.2) is 44.7 Å². The number of H-pyrrole nitrogens is 1. The molecule has 0 bridgehead atoms. The Morgan fingerprint density at radius 2 is 2.11 bits per heavy atom. The number of hydrogen-bond donors (Lipinski definition) is 1. The highest BCUT2D eigenvalue weighted by molar-refractivity contribution is 7.89. The monoisotopic (exact) mass is 271 g/mol. The molecule has 18 heavy (non-hydrogen) atoms. The van der Waals surface area contributed by atoms with Gasteiger partial charge in [-0.05, 0) is 13.0 Å². The summed E-state index contributed by atoms with van der Waals surface area (Å²) < 4.78 is 25.1. The quantitative estimate of drug-likeness (QED) is 0.728. The zero-order valence-electron chi connectivity index (χ0n) is 10.7. The molecule has 1 saturated heterocycles. The molecule has 2 N–H and O–H groups in total. The molecule has 0 amide bonds. The SMILES string of the molecule is CCS(=O)(=O)N1CC[NH+](Cc2ccc[nH+]c2)CC1. The molecule has 2 heterocycles. The Bertz CT molecular complexity index is 467. The van der Waals surface area contributed by atoms with E-state index in [1.807, 2.05) is 18.5 Å². The van der Waals surface area contributed by atoms with E-state index in [-0.39, 0.29) is 5.75 Å². The number of aromatic amines is 1. The van der Waals surface area contributed by atoms with Crippen molar-refractivity contribution in [3.8, 4) is 0 Å². The van der Waals surface area contributed by atoms with Gasteiger partial charge in [0.1, 0.15) is 6.54 Å². The summed E-state index contributed by atoms with van der Waals surface area (Å²) in [6.45, 7) is 5.71. The number of hydrogen-bond acceptors (Lipinski definition) is 2. The van der Waals surface area contributed by atoms with Gasteiger partial charge >= 0.3 is 0 Å². The van der Waals surface area contributed by atoms with E-state index in [0.29, 0.717) is 13.1 Å². The summed E-state index contributed by atoms with van der Waals surface area (Å²) in [4.78, 5) is 4.51. The Balaban J connectivity index is 1.88. The van der Waals surface area contributed by atoms with Crippen molar-refractivity contribution in [2.24, 2.45) is 0 Å². The first-order valence-electron chi connectivity index (χ1n) is 6.38. The summed E-state index contributed by atoms with van der Waals surface area (Å²) in [6, 6.07) is 4.09. The van der Waals surface area contributed by atoms with E-state index in [9.17, 15) is 8.42 Å². The van der Waals surface area contributed by atoms with Crippen LogP contribution in [0.25, 0.3) is 0 Å². The number of rotatable bonds is 4. The Morgan fingerprint density at radius 1 is 1.39 bits per heavy atom. The van der Waals surface area contributed by atoms with E-state index < -0.39 is 10.0 Å². The number of aromatic nitrogens is 1. The summed E-state index contributed by atoms with van der Waals surface area (Å²) in [5.74, 6) is 0.204. The second-order valence-corrected chi connectivity index (χ2v) is 6.90. The van der Waals surface area contributed by atoms with Gasteiger partial charge < -0.3 is 4.90 Å². The Hall–Kier alpha value is -0.980. The minimum Gasteiger partial charge on any atom is -0.329 e. The molecule has 0 aromatic carbocycles. The van der Waals surface area contributed by atoms with Crippen LogP contribution in [0.2, 0.25) is 0 Å². The largest absolute Gasteiger partial charge is 0.329 e. The fourth-order valence-electron chi connectivity index (χ4n) is 2.27. The average Bonchev–Trinajstić information content (AvgIpc) is 2.40. The molecule has 1 fully saturated rings. The van der Waals surface area contributed by atoms with Crippen molar-refractivity contribution in [1.82, 2.24) is 4.31 Å². The van der Waals surface area contributed by atoms with Crippen LogP contribution in [0.4, 0.5) is 0 Å². The van der Waals surface area contributed by atoms with Crippen molar-refractivity contribution >= 4 is 10.0 Å². The summed E-state index contributed by atoms with van der Waals surface area (Å²) in [7, 11) is -3.00. The minimum absolute atomic E-state index is 0.204. The molecule has 1 aliphatic rings. The topological polar surface area (TPSA) is 56.0 Å². The maximum Gasteiger partial charge on any atom is 0.214 e. The van der Waals surface area contributed by atoms with E-state index in [0.717, 1.165) is 19.6 Å². The lowest BCUT2D eigenvalue weighted by Crippen LogP contribution is -3.13. The fraction of sp³-hybridized carbons (Fsp3) is 0.583. The molecule has 2 rings (SSSR count). The zero-order chi connectivity index (χ0) is 13.0. The molecule has 0 radical (unpaired) electrons. The lowest BCUT2D eigenvalue weighted by Gasteiger charge is -2.31. The molecule has 0 saturated carbocycles. The van der Waals surface area contributed by atoms with E-state index in [2.05, 4.69) is 11.1 Å². The Morgan fingerprint density at radius 3 is 2.67 bits per heavy atom. The first kappa shape index (κ1) is 13.5. The van der Waals surface area contributed by atoms with Crippen molar-refractivity contribution in [2.45, 2.75) is 13.5 Å². The predicted molar refractivity (Wildman–Crippen MR) is 68.4 cm³/mol. The van der Waals surface area contributed by atoms with Crippen LogP contribution in [0.1, 0.15) is 12.5 Å². The third-order valence-electron chi connectivity index (χ3n) is 3.41. The van der Waals surface area contributed by atoms with Crippen molar-refractivity contribution in [1.29, 1.82) is 0 Å². The summed E-state index contributed by atoms with van der Waals surface area (Å²) in [6.07, 6.45) is 3.90. The van der Waals surface area contributed by atoms with E-state index in [1.54, 1.807) is 11.2 Å². The van der Waals surface area contributed by atoms with Crippen LogP contribution in [-0.2, 0) is 16.6 Å². The number of nitrogens with zero attached hydrogens (tertiary/aromatic N) is 1. The number of sulfonamides is 1. The minimum atomic E-state index is -3.00. The summed E-state index contributed by atoms with van der Waals surface area (Å²) in [5.41, 5.74) is 1.26. The molecule has 5 nitrogen and oxygen atoms in total. The van der Waals surface area contributed by atoms with E-state index in [4.69, 9.17) is 0 Å². The molecular weight excluding hydrogens is 250 g/mol. The van der Waals surface area contributed by atoms with Gasteiger partial charge in [-0.1, -0.05) is 0 Å². The first-order valence-corrected chi connectivity index (χ1v) is 7.99. The second-order valence-electron chi connectivity index (χ2n) is 4.64. The van der Waals surface area contributed by atoms with Crippen LogP contribution < -0.4 is 9.88 Å². The van der Waals surface area contributed by atoms with Crippen LogP contribution in [0.15, 0.2) is 24.5 Å². The van der Waals surface area contributed by atoms with Gasteiger partial charge in [-0.3, -0.25) is 0 Å². The average molecular weight is 271 g/mol. The summed E-state index contributed by atoms with van der Waals surface area (Å²) in [5, 5.41) is 0. The highest BCUT2D eigenvalue weighted by Crippen LogP contribution is 2.01. The van der Waals surface area contributed by atoms with Crippen LogP contribution in [0, 0.1) is 0 Å². The molecule has 1 aromatic heterocycles. The molecule has 0 aliphatic carbocycles. The third kappa shape index (κ3) is 3.28. The smallest absolute Gasteiger partial charge is 0.214 e. The molecule has 1 aliphatic heterocycles. The van der Waals surface area contributed by atoms with Crippen molar-refractivity contribution < 1.29 is 18.3 Å². The molecular formula is C12H21N3O2S+2. The highest BCUT2D eigenvalue weighted by atomic mass is 32.2. The first-order chi connectivity index (χ1) is 8.62. The molecule has 0 unspecified atom stereocenters. The van der Waals surface area contributed by atoms with Crippen LogP contribution in [0.5, 0.6) is 0 Å². The lowest BCUT2D eigenvalue weighted by atomic mass is 10.2. The van der Waals surface area contributed by atoms with Gasteiger partial charge in [0.25, 0.3) is 0 Å². The normalized spacial score (nSPS) is 18.9. The number of quaternary nitrogens is 1. The van der Waals surface area contributed by atoms with Crippen molar-refractivity contribution in [3.05, 3.63) is 30.1 Å². The van der Waals surface area contributed by atoms with Crippen molar-refractivity contribution in [3.63, 3.8) is 0 Å². The Labute approximate surface area is 108 Å². The number of nitrogens with one attached hydrogen (secondary N) is 2. The molecule has 6 heteroatoms. The van der Waals surface area contributed by atoms with Crippen molar-refractivity contribution in [2.75, 3.05) is 31.9 Å². The predicted octanol–water partition coefficient (Wildman–Crippen LogP) is -1.45. The molecule has 100 valence electrons. The van der Waals surface area contributed by atoms with Crippen LogP contribution in [0.3, 0.4) is 0 Å². The molecule has 0 atom stereocenters. The third-order valence-corrected chi connectivity index (χ3v) is 5.29. The van der Waals surface area contributed by atoms with E-state index in [1.165, 1.54) is 10.5 Å². The van der Waals surface area contributed by atoms with Gasteiger partial charge in [0.05, 0.1) is 37.5 Å². The summed E-state index contributed by atoms with van der Waals surface area (Å²) >= 11 is 0. The maximum atomic E-state index is 11.7.